The van der Waals surface area contributed by atoms with Gasteiger partial charge in [0.15, 0.2) is 11.4 Å². The summed E-state index contributed by atoms with van der Waals surface area (Å²) in [6.07, 6.45) is 2.16. The normalized spacial score (nSPS) is 44.2. The number of primary amides is 1. The Balaban J connectivity index is 1.37. The molecule has 218 valence electrons. The van der Waals surface area contributed by atoms with Crippen molar-refractivity contribution in [3.8, 4) is 5.75 Å². The van der Waals surface area contributed by atoms with Crippen LogP contribution < -0.4 is 5.73 Å². The largest absolute Gasteiger partial charge is 0.507 e. The molecule has 1 aromatic carbocycles. The number of aliphatic hydroxyl groups is 3. The number of benzene rings is 1. The van der Waals surface area contributed by atoms with E-state index in [1.807, 2.05) is 0 Å². The molecule has 1 aromatic rings. The fraction of sp³-hybridized carbons (Fsp3) is 0.613. The smallest absolute Gasteiger partial charge is 0.312 e. The summed E-state index contributed by atoms with van der Waals surface area (Å²) < 4.78 is 6.35. The molecule has 10 heteroatoms. The standard InChI is InChI=1S/C31H35NO9/c1-12-16-3-2-4-18(33)21(16)24(35)23-20(12)25(17-8-19(34)22(28(32)38)26(36)31(17,40)27(23)37)41-29(39)30-9-13-5-14(10-30)7-15(6-13)11-30/h2-4,12-15,17,19-20,22,25,33-35,40H,5-11H2,1H3,(H2,32,38)/t12-,13?,14?,15?,17+,19?,20+,22?,25+,30?,31+/m0/s1. The number of hydrogen-bond donors (Lipinski definition) is 5. The molecule has 7 aliphatic rings. The number of phenolic OH excluding ortho intramolecular Hbond substituents is 1. The summed E-state index contributed by atoms with van der Waals surface area (Å²) in [6, 6.07) is 4.65. The average Bonchev–Trinajstić information content (AvgIpc) is 2.89. The predicted octanol–water partition coefficient (Wildman–Crippen LogP) is 1.89. The first kappa shape index (κ1) is 26.6. The lowest BCUT2D eigenvalue weighted by atomic mass is 9.49. The Morgan fingerprint density at radius 3 is 2.20 bits per heavy atom. The van der Waals surface area contributed by atoms with E-state index >= 15 is 0 Å². The molecular formula is C31H35NO9. The van der Waals surface area contributed by atoms with Gasteiger partial charge in [-0.2, -0.15) is 0 Å². The molecule has 0 saturated heterocycles. The van der Waals surface area contributed by atoms with Crippen LogP contribution in [0.5, 0.6) is 5.75 Å². The minimum absolute atomic E-state index is 0.00237. The van der Waals surface area contributed by atoms with Gasteiger partial charge in [-0.25, -0.2) is 0 Å². The third kappa shape index (κ3) is 3.43. The first-order valence-electron chi connectivity index (χ1n) is 14.6. The van der Waals surface area contributed by atoms with Gasteiger partial charge in [-0.05, 0) is 80.2 Å². The van der Waals surface area contributed by atoms with E-state index in [-0.39, 0.29) is 23.3 Å². The molecule has 6 fully saturated rings. The minimum Gasteiger partial charge on any atom is -0.507 e. The summed E-state index contributed by atoms with van der Waals surface area (Å²) in [7, 11) is 0. The maximum Gasteiger partial charge on any atom is 0.312 e. The fourth-order valence-electron chi connectivity index (χ4n) is 9.99. The molecule has 2 unspecified atom stereocenters. The zero-order valence-corrected chi connectivity index (χ0v) is 22.8. The lowest BCUT2D eigenvalue weighted by molar-refractivity contribution is -0.205. The maximum atomic E-state index is 14.2. The molecule has 0 spiro atoms. The van der Waals surface area contributed by atoms with Crippen molar-refractivity contribution in [1.29, 1.82) is 0 Å². The predicted molar refractivity (Wildman–Crippen MR) is 142 cm³/mol. The Morgan fingerprint density at radius 1 is 1.00 bits per heavy atom. The van der Waals surface area contributed by atoms with Gasteiger partial charge >= 0.3 is 5.97 Å². The van der Waals surface area contributed by atoms with Gasteiger partial charge in [0.1, 0.15) is 23.5 Å². The van der Waals surface area contributed by atoms with Gasteiger partial charge in [-0.15, -0.1) is 0 Å². The molecule has 0 radical (unpaired) electrons. The number of esters is 1. The van der Waals surface area contributed by atoms with E-state index in [1.165, 1.54) is 6.07 Å². The van der Waals surface area contributed by atoms with E-state index in [0.717, 1.165) is 19.3 Å². The van der Waals surface area contributed by atoms with Crippen molar-refractivity contribution in [2.75, 3.05) is 0 Å². The molecule has 0 aliphatic heterocycles. The van der Waals surface area contributed by atoms with Gasteiger partial charge in [-0.1, -0.05) is 19.1 Å². The first-order valence-corrected chi connectivity index (χ1v) is 14.6. The van der Waals surface area contributed by atoms with Gasteiger partial charge in [-0.3, -0.25) is 19.2 Å². The molecule has 10 nitrogen and oxygen atoms in total. The number of aliphatic hydroxyl groups excluding tert-OH is 2. The SMILES string of the molecule is C[C@H]1c2cccc(O)c2C(O)=C2C(=O)[C@]3(O)C(=O)C(C(N)=O)C(O)C[C@@H]3[C@@H](OC(=O)C34CC5CC(CC(C5)C3)C4)[C@@H]21. The summed E-state index contributed by atoms with van der Waals surface area (Å²) in [5.41, 5.74) is 2.03. The van der Waals surface area contributed by atoms with Crippen molar-refractivity contribution in [2.45, 2.75) is 75.6 Å². The van der Waals surface area contributed by atoms with E-state index in [1.54, 1.807) is 19.1 Å². The van der Waals surface area contributed by atoms with Gasteiger partial charge in [0.2, 0.25) is 11.7 Å². The number of ketones is 2. The number of phenols is 1. The molecule has 7 aliphatic carbocycles. The lowest BCUT2D eigenvalue weighted by Gasteiger charge is -2.57. The Labute approximate surface area is 236 Å². The van der Waals surface area contributed by atoms with Crippen LogP contribution in [0.1, 0.15) is 68.9 Å². The number of hydrogen-bond acceptors (Lipinski definition) is 9. The van der Waals surface area contributed by atoms with Gasteiger partial charge in [0, 0.05) is 17.4 Å². The zero-order chi connectivity index (χ0) is 29.2. The average molecular weight is 566 g/mol. The second kappa shape index (κ2) is 8.64. The fourth-order valence-corrected chi connectivity index (χ4v) is 9.99. The Bertz CT molecular complexity index is 1390. The van der Waals surface area contributed by atoms with E-state index in [9.17, 15) is 39.6 Å². The van der Waals surface area contributed by atoms with Crippen LogP contribution in [0.4, 0.5) is 0 Å². The molecule has 6 saturated carbocycles. The number of fused-ring (bicyclic) bond motifs is 3. The summed E-state index contributed by atoms with van der Waals surface area (Å²) in [4.78, 5) is 54.1. The maximum absolute atomic E-state index is 14.2. The molecular weight excluding hydrogens is 530 g/mol. The quantitative estimate of drug-likeness (QED) is 0.270. The summed E-state index contributed by atoms with van der Waals surface area (Å²) in [5.74, 6) is -8.37. The molecule has 1 amide bonds. The number of carbonyl (C=O) groups is 4. The number of rotatable bonds is 3. The Kier molecular flexibility index (Phi) is 5.62. The number of ether oxygens (including phenoxy) is 1. The molecule has 8 rings (SSSR count). The highest BCUT2D eigenvalue weighted by Crippen LogP contribution is 2.62. The molecule has 41 heavy (non-hydrogen) atoms. The summed E-state index contributed by atoms with van der Waals surface area (Å²) in [6.45, 7) is 1.77. The van der Waals surface area contributed by atoms with Gasteiger partial charge < -0.3 is 30.9 Å². The van der Waals surface area contributed by atoms with Crippen LogP contribution in [0.2, 0.25) is 0 Å². The number of amides is 1. The van der Waals surface area contributed by atoms with Crippen LogP contribution in [-0.4, -0.2) is 61.7 Å². The Hall–Kier alpha value is -3.24. The number of nitrogens with two attached hydrogens (primary N) is 1. The minimum atomic E-state index is -2.87. The highest BCUT2D eigenvalue weighted by Gasteiger charge is 2.69. The van der Waals surface area contributed by atoms with Gasteiger partial charge in [0.25, 0.3) is 0 Å². The van der Waals surface area contributed by atoms with E-state index in [2.05, 4.69) is 0 Å². The number of Topliss-reactive ketones (excluding diaryl/α,β-unsaturated/α-hetero) is 2. The second-order valence-electron chi connectivity index (χ2n) is 13.6. The third-order valence-electron chi connectivity index (χ3n) is 11.4. The number of carbonyl (C=O) groups excluding carboxylic acids is 4. The van der Waals surface area contributed by atoms with Crippen LogP contribution in [-0.2, 0) is 23.9 Å². The molecule has 6 N–H and O–H groups in total. The molecule has 0 aromatic heterocycles. The van der Waals surface area contributed by atoms with Crippen LogP contribution in [0.15, 0.2) is 23.8 Å². The van der Waals surface area contributed by atoms with Crippen molar-refractivity contribution in [3.05, 3.63) is 34.9 Å². The van der Waals surface area contributed by atoms with Crippen molar-refractivity contribution in [2.24, 2.45) is 46.7 Å². The van der Waals surface area contributed by atoms with Crippen molar-refractivity contribution in [1.82, 2.24) is 0 Å². The van der Waals surface area contributed by atoms with Crippen LogP contribution in [0.25, 0.3) is 5.76 Å². The van der Waals surface area contributed by atoms with Crippen LogP contribution >= 0.6 is 0 Å². The van der Waals surface area contributed by atoms with Crippen molar-refractivity contribution in [3.63, 3.8) is 0 Å². The summed E-state index contributed by atoms with van der Waals surface area (Å²) in [5, 5.41) is 44.8. The third-order valence-corrected chi connectivity index (χ3v) is 11.4. The number of aromatic hydroxyl groups is 1. The van der Waals surface area contributed by atoms with Crippen molar-refractivity contribution < 1.29 is 44.3 Å². The molecule has 0 heterocycles. The highest BCUT2D eigenvalue weighted by atomic mass is 16.5. The van der Waals surface area contributed by atoms with E-state index in [4.69, 9.17) is 10.5 Å². The monoisotopic (exact) mass is 565 g/mol. The van der Waals surface area contributed by atoms with Gasteiger partial charge in [0.05, 0.1) is 17.1 Å². The zero-order valence-electron chi connectivity index (χ0n) is 22.8. The van der Waals surface area contributed by atoms with E-state index < -0.39 is 76.1 Å². The van der Waals surface area contributed by atoms with Crippen LogP contribution in [0, 0.1) is 40.9 Å². The Morgan fingerprint density at radius 2 is 1.61 bits per heavy atom. The second-order valence-corrected chi connectivity index (χ2v) is 13.6. The van der Waals surface area contributed by atoms with Crippen LogP contribution in [0.3, 0.4) is 0 Å². The highest BCUT2D eigenvalue weighted by molar-refractivity contribution is 6.25. The topological polar surface area (TPSA) is 184 Å². The van der Waals surface area contributed by atoms with E-state index in [0.29, 0.717) is 42.6 Å². The van der Waals surface area contributed by atoms with Crippen molar-refractivity contribution >= 4 is 29.2 Å². The molecule has 4 bridgehead atoms. The summed E-state index contributed by atoms with van der Waals surface area (Å²) >= 11 is 0. The first-order chi connectivity index (χ1) is 19.4. The molecule has 7 atom stereocenters. The lowest BCUT2D eigenvalue weighted by Crippen LogP contribution is -2.71.